The van der Waals surface area contributed by atoms with E-state index in [-0.39, 0.29) is 5.75 Å². The van der Waals surface area contributed by atoms with Crippen molar-refractivity contribution >= 4 is 26.5 Å². The fourth-order valence-electron chi connectivity index (χ4n) is 1.44. The Kier molecular flexibility index (Phi) is 2.46. The van der Waals surface area contributed by atoms with Crippen LogP contribution < -0.4 is 5.73 Å². The van der Waals surface area contributed by atoms with Crippen LogP contribution in [0, 0.1) is 0 Å². The van der Waals surface area contributed by atoms with E-state index < -0.39 is 10.0 Å². The molecule has 0 aromatic carbocycles. The van der Waals surface area contributed by atoms with E-state index >= 15 is 0 Å². The Morgan fingerprint density at radius 1 is 1.64 bits per heavy atom. The number of aromatic nitrogens is 1. The maximum absolute atomic E-state index is 11.4. The average molecular weight is 233 g/mol. The first kappa shape index (κ1) is 9.88. The molecule has 5 nitrogen and oxygen atoms in total. The summed E-state index contributed by atoms with van der Waals surface area (Å²) in [5, 5.41) is 2.28. The molecule has 2 N–H and O–H groups in total. The van der Waals surface area contributed by atoms with Gasteiger partial charge < -0.3 is 5.73 Å². The third-order valence-electron chi connectivity index (χ3n) is 2.11. The Morgan fingerprint density at radius 3 is 2.93 bits per heavy atom. The summed E-state index contributed by atoms with van der Waals surface area (Å²) in [4.78, 5) is 4.03. The van der Waals surface area contributed by atoms with Crippen LogP contribution in [0.5, 0.6) is 0 Å². The van der Waals surface area contributed by atoms with Crippen molar-refractivity contribution in [1.82, 2.24) is 9.29 Å². The summed E-state index contributed by atoms with van der Waals surface area (Å²) in [6, 6.07) is 0. The second kappa shape index (κ2) is 3.48. The molecule has 0 atom stereocenters. The van der Waals surface area contributed by atoms with E-state index in [2.05, 4.69) is 4.98 Å². The van der Waals surface area contributed by atoms with E-state index in [9.17, 15) is 8.42 Å². The molecule has 1 saturated heterocycles. The van der Waals surface area contributed by atoms with Gasteiger partial charge in [-0.3, -0.25) is 0 Å². The fourth-order valence-corrected chi connectivity index (χ4v) is 3.49. The number of sulfonamides is 1. The summed E-state index contributed by atoms with van der Waals surface area (Å²) in [6.07, 6.45) is 0.710. The van der Waals surface area contributed by atoms with Crippen LogP contribution in [0.4, 0.5) is 5.13 Å². The molecule has 2 rings (SSSR count). The van der Waals surface area contributed by atoms with Gasteiger partial charge in [-0.2, -0.15) is 4.31 Å². The second-order valence-electron chi connectivity index (χ2n) is 3.18. The molecule has 0 radical (unpaired) electrons. The Labute approximate surface area is 86.6 Å². The van der Waals surface area contributed by atoms with Gasteiger partial charge in [-0.1, -0.05) is 0 Å². The van der Waals surface area contributed by atoms with Gasteiger partial charge in [-0.25, -0.2) is 13.4 Å². The molecule has 78 valence electrons. The second-order valence-corrected chi connectivity index (χ2v) is 6.16. The molecule has 1 aromatic heterocycles. The number of nitrogens with two attached hydrogens (primary N) is 1. The molecule has 1 aliphatic heterocycles. The number of hydrogen-bond donors (Lipinski definition) is 1. The summed E-state index contributed by atoms with van der Waals surface area (Å²) in [6.45, 7) is 0.954. The maximum atomic E-state index is 11.4. The molecule has 0 unspecified atom stereocenters. The van der Waals surface area contributed by atoms with E-state index in [0.717, 1.165) is 5.69 Å². The van der Waals surface area contributed by atoms with Gasteiger partial charge >= 0.3 is 0 Å². The van der Waals surface area contributed by atoms with Gasteiger partial charge in [0.15, 0.2) is 5.13 Å². The lowest BCUT2D eigenvalue weighted by Crippen LogP contribution is -2.25. The van der Waals surface area contributed by atoms with Crippen LogP contribution in [-0.4, -0.2) is 30.0 Å². The van der Waals surface area contributed by atoms with Crippen LogP contribution in [0.2, 0.25) is 0 Å². The van der Waals surface area contributed by atoms with Crippen LogP contribution in [-0.2, 0) is 16.6 Å². The minimum absolute atomic E-state index is 0.257. The van der Waals surface area contributed by atoms with Gasteiger partial charge in [0.1, 0.15) is 0 Å². The van der Waals surface area contributed by atoms with Crippen LogP contribution in [0.1, 0.15) is 12.1 Å². The SMILES string of the molecule is Nc1nc(CN2CCCS2(=O)=O)cs1. The lowest BCUT2D eigenvalue weighted by atomic mass is 10.4. The lowest BCUT2D eigenvalue weighted by molar-refractivity contribution is 0.436. The maximum Gasteiger partial charge on any atom is 0.214 e. The zero-order chi connectivity index (χ0) is 10.2. The van der Waals surface area contributed by atoms with Crippen molar-refractivity contribution in [2.24, 2.45) is 0 Å². The lowest BCUT2D eigenvalue weighted by Gasteiger charge is -2.11. The van der Waals surface area contributed by atoms with E-state index in [1.54, 1.807) is 5.38 Å². The van der Waals surface area contributed by atoms with Crippen molar-refractivity contribution in [3.8, 4) is 0 Å². The van der Waals surface area contributed by atoms with Crippen molar-refractivity contribution in [3.05, 3.63) is 11.1 Å². The summed E-state index contributed by atoms with van der Waals surface area (Å²) in [5.41, 5.74) is 6.19. The monoisotopic (exact) mass is 233 g/mol. The number of nitrogen functional groups attached to an aromatic ring is 1. The van der Waals surface area contributed by atoms with Crippen LogP contribution in [0.25, 0.3) is 0 Å². The van der Waals surface area contributed by atoms with Gasteiger partial charge in [0.25, 0.3) is 0 Å². The molecule has 2 heterocycles. The van der Waals surface area contributed by atoms with Crippen molar-refractivity contribution in [2.75, 3.05) is 18.0 Å². The molecule has 0 aliphatic carbocycles. The Morgan fingerprint density at radius 2 is 2.43 bits per heavy atom. The number of anilines is 1. The molecular weight excluding hydrogens is 222 g/mol. The van der Waals surface area contributed by atoms with E-state index in [1.165, 1.54) is 15.6 Å². The topological polar surface area (TPSA) is 76.3 Å². The fraction of sp³-hybridized carbons (Fsp3) is 0.571. The highest BCUT2D eigenvalue weighted by atomic mass is 32.2. The van der Waals surface area contributed by atoms with Gasteiger partial charge in [0.05, 0.1) is 18.0 Å². The predicted octanol–water partition coefficient (Wildman–Crippen LogP) is 0.261. The first-order valence-electron chi connectivity index (χ1n) is 4.25. The smallest absolute Gasteiger partial charge is 0.214 e. The van der Waals surface area contributed by atoms with Gasteiger partial charge in [0.2, 0.25) is 10.0 Å². The minimum Gasteiger partial charge on any atom is -0.375 e. The normalized spacial score (nSPS) is 21.4. The molecule has 0 spiro atoms. The summed E-state index contributed by atoms with van der Waals surface area (Å²) in [7, 11) is -3.02. The van der Waals surface area contributed by atoms with Crippen molar-refractivity contribution < 1.29 is 8.42 Å². The highest BCUT2D eigenvalue weighted by molar-refractivity contribution is 7.89. The van der Waals surface area contributed by atoms with E-state index in [1.807, 2.05) is 0 Å². The van der Waals surface area contributed by atoms with Crippen LogP contribution in [0.3, 0.4) is 0 Å². The van der Waals surface area contributed by atoms with Crippen molar-refractivity contribution in [2.45, 2.75) is 13.0 Å². The number of hydrogen-bond acceptors (Lipinski definition) is 5. The largest absolute Gasteiger partial charge is 0.375 e. The molecule has 0 saturated carbocycles. The highest BCUT2D eigenvalue weighted by Gasteiger charge is 2.28. The Hall–Kier alpha value is -0.660. The predicted molar refractivity (Wildman–Crippen MR) is 55.3 cm³/mol. The summed E-state index contributed by atoms with van der Waals surface area (Å²) < 4.78 is 24.3. The van der Waals surface area contributed by atoms with Gasteiger partial charge in [-0.05, 0) is 6.42 Å². The quantitative estimate of drug-likeness (QED) is 0.795. The standard InChI is InChI=1S/C7H11N3O2S2/c8-7-9-6(5-13-7)4-10-2-1-3-14(10,11)12/h5H,1-4H2,(H2,8,9). The molecule has 1 aliphatic rings. The first-order valence-corrected chi connectivity index (χ1v) is 6.74. The zero-order valence-corrected chi connectivity index (χ0v) is 9.14. The van der Waals surface area contributed by atoms with Crippen LogP contribution >= 0.6 is 11.3 Å². The van der Waals surface area contributed by atoms with Crippen LogP contribution in [0.15, 0.2) is 5.38 Å². The average Bonchev–Trinajstić information content (AvgIpc) is 2.61. The summed E-state index contributed by atoms with van der Waals surface area (Å²) >= 11 is 1.33. The molecule has 1 fully saturated rings. The van der Waals surface area contributed by atoms with Gasteiger partial charge in [-0.15, -0.1) is 11.3 Å². The van der Waals surface area contributed by atoms with Crippen molar-refractivity contribution in [1.29, 1.82) is 0 Å². The number of nitrogens with zero attached hydrogens (tertiary/aromatic N) is 2. The minimum atomic E-state index is -3.02. The van der Waals surface area contributed by atoms with Gasteiger partial charge in [0, 0.05) is 11.9 Å². The molecule has 14 heavy (non-hydrogen) atoms. The van der Waals surface area contributed by atoms with Crippen molar-refractivity contribution in [3.63, 3.8) is 0 Å². The number of rotatable bonds is 2. The third kappa shape index (κ3) is 1.89. The molecular formula is C7H11N3O2S2. The molecule has 0 amide bonds. The molecule has 1 aromatic rings. The van der Waals surface area contributed by atoms with E-state index in [4.69, 9.17) is 5.73 Å². The summed E-state index contributed by atoms with van der Waals surface area (Å²) in [5.74, 6) is 0.257. The third-order valence-corrected chi connectivity index (χ3v) is 4.74. The Balaban J connectivity index is 2.12. The first-order chi connectivity index (χ1) is 6.58. The van der Waals surface area contributed by atoms with E-state index in [0.29, 0.717) is 24.6 Å². The highest BCUT2D eigenvalue weighted by Crippen LogP contribution is 2.19. The number of thiazole rings is 1. The molecule has 7 heteroatoms. The zero-order valence-electron chi connectivity index (χ0n) is 7.51. The Bertz CT molecular complexity index is 426. The molecule has 0 bridgehead atoms.